The number of nitrogens with zero attached hydrogens (tertiary/aromatic N) is 1. The molecule has 0 aromatic carbocycles. The second-order valence-corrected chi connectivity index (χ2v) is 6.11. The molecular formula is C14H30N2. The van der Waals surface area contributed by atoms with Gasteiger partial charge in [-0.05, 0) is 38.8 Å². The van der Waals surface area contributed by atoms with Gasteiger partial charge in [0.2, 0.25) is 0 Å². The first-order chi connectivity index (χ1) is 7.44. The van der Waals surface area contributed by atoms with E-state index in [-0.39, 0.29) is 5.54 Å². The minimum atomic E-state index is 0.243. The van der Waals surface area contributed by atoms with Crippen LogP contribution in [0.3, 0.4) is 0 Å². The molecule has 2 heteroatoms. The zero-order chi connectivity index (χ0) is 12.3. The lowest BCUT2D eigenvalue weighted by Gasteiger charge is -2.50. The topological polar surface area (TPSA) is 29.3 Å². The number of hydrogen-bond donors (Lipinski definition) is 1. The molecule has 1 rings (SSSR count). The molecule has 0 heterocycles. The number of rotatable bonds is 4. The van der Waals surface area contributed by atoms with Crippen molar-refractivity contribution in [2.75, 3.05) is 14.1 Å². The van der Waals surface area contributed by atoms with Crippen molar-refractivity contribution in [2.24, 2.45) is 17.6 Å². The number of likely N-dealkylation sites (N-methyl/N-ethyl adjacent to an activating group) is 1. The summed E-state index contributed by atoms with van der Waals surface area (Å²) in [5, 5.41) is 0. The Morgan fingerprint density at radius 2 is 2.06 bits per heavy atom. The molecule has 0 aromatic rings. The summed E-state index contributed by atoms with van der Waals surface area (Å²) in [4.78, 5) is 2.40. The lowest BCUT2D eigenvalue weighted by atomic mass is 9.68. The zero-order valence-corrected chi connectivity index (χ0v) is 11.8. The minimum Gasteiger partial charge on any atom is -0.326 e. The van der Waals surface area contributed by atoms with Gasteiger partial charge in [-0.2, -0.15) is 0 Å². The van der Waals surface area contributed by atoms with Crippen LogP contribution >= 0.6 is 0 Å². The highest BCUT2D eigenvalue weighted by atomic mass is 15.2. The van der Waals surface area contributed by atoms with Crippen LogP contribution in [-0.4, -0.2) is 30.6 Å². The van der Waals surface area contributed by atoms with Crippen molar-refractivity contribution in [1.29, 1.82) is 0 Å². The first kappa shape index (κ1) is 14.0. The van der Waals surface area contributed by atoms with E-state index in [0.717, 1.165) is 5.92 Å². The summed E-state index contributed by atoms with van der Waals surface area (Å²) in [6, 6.07) is 0.315. The van der Waals surface area contributed by atoms with E-state index in [4.69, 9.17) is 5.73 Å². The van der Waals surface area contributed by atoms with Gasteiger partial charge in [-0.1, -0.05) is 40.0 Å². The van der Waals surface area contributed by atoms with Crippen molar-refractivity contribution < 1.29 is 0 Å². The molecule has 4 unspecified atom stereocenters. The molecule has 1 saturated carbocycles. The highest BCUT2D eigenvalue weighted by molar-refractivity contribution is 5.02. The highest BCUT2D eigenvalue weighted by Gasteiger charge is 2.43. The summed E-state index contributed by atoms with van der Waals surface area (Å²) >= 11 is 0. The third-order valence-electron chi connectivity index (χ3n) is 4.78. The number of nitrogens with two attached hydrogens (primary N) is 1. The van der Waals surface area contributed by atoms with Crippen molar-refractivity contribution in [1.82, 2.24) is 4.90 Å². The summed E-state index contributed by atoms with van der Waals surface area (Å²) in [6.45, 7) is 6.93. The van der Waals surface area contributed by atoms with Crippen LogP contribution in [0.15, 0.2) is 0 Å². The predicted octanol–water partition coefficient (Wildman–Crippen LogP) is 2.87. The summed E-state index contributed by atoms with van der Waals surface area (Å²) in [7, 11) is 4.42. The van der Waals surface area contributed by atoms with Gasteiger partial charge in [0.15, 0.2) is 0 Å². The highest BCUT2D eigenvalue weighted by Crippen LogP contribution is 2.39. The normalized spacial score (nSPS) is 35.1. The fraction of sp³-hybridized carbons (Fsp3) is 1.00. The monoisotopic (exact) mass is 226 g/mol. The smallest absolute Gasteiger partial charge is 0.0359 e. The maximum absolute atomic E-state index is 6.56. The SMILES string of the molecule is CCC(C)C(N)C1(N(C)C)CCCC(C)C1. The maximum Gasteiger partial charge on any atom is 0.0359 e. The molecule has 2 N–H and O–H groups in total. The van der Waals surface area contributed by atoms with Crippen LogP contribution < -0.4 is 5.73 Å². The molecule has 0 radical (unpaired) electrons. The molecule has 2 nitrogen and oxygen atoms in total. The summed E-state index contributed by atoms with van der Waals surface area (Å²) in [6.07, 6.45) is 6.44. The Morgan fingerprint density at radius 1 is 1.44 bits per heavy atom. The van der Waals surface area contributed by atoms with Crippen LogP contribution in [0.4, 0.5) is 0 Å². The van der Waals surface area contributed by atoms with Crippen LogP contribution in [0.5, 0.6) is 0 Å². The van der Waals surface area contributed by atoms with Crippen molar-refractivity contribution in [3.05, 3.63) is 0 Å². The molecule has 4 atom stereocenters. The molecule has 16 heavy (non-hydrogen) atoms. The van der Waals surface area contributed by atoms with Gasteiger partial charge in [0.05, 0.1) is 0 Å². The fourth-order valence-electron chi connectivity index (χ4n) is 3.35. The van der Waals surface area contributed by atoms with Gasteiger partial charge in [-0.3, -0.25) is 0 Å². The van der Waals surface area contributed by atoms with E-state index >= 15 is 0 Å². The van der Waals surface area contributed by atoms with Gasteiger partial charge in [0.25, 0.3) is 0 Å². The van der Waals surface area contributed by atoms with Crippen molar-refractivity contribution >= 4 is 0 Å². The largest absolute Gasteiger partial charge is 0.326 e. The van der Waals surface area contributed by atoms with Crippen LogP contribution in [0.1, 0.15) is 52.9 Å². The Bertz CT molecular complexity index is 215. The molecule has 0 bridgehead atoms. The second-order valence-electron chi connectivity index (χ2n) is 6.11. The van der Waals surface area contributed by atoms with E-state index in [2.05, 4.69) is 39.8 Å². The molecule has 0 spiro atoms. The van der Waals surface area contributed by atoms with Crippen LogP contribution in [0.25, 0.3) is 0 Å². The molecule has 1 aliphatic rings. The van der Waals surface area contributed by atoms with Gasteiger partial charge < -0.3 is 10.6 Å². The average Bonchev–Trinajstić information content (AvgIpc) is 2.26. The standard InChI is InChI=1S/C14H30N2/c1-6-12(3)13(15)14(16(4)5)9-7-8-11(2)10-14/h11-13H,6-10,15H2,1-5H3. The lowest BCUT2D eigenvalue weighted by Crippen LogP contribution is -2.61. The zero-order valence-electron chi connectivity index (χ0n) is 11.8. The first-order valence-electron chi connectivity index (χ1n) is 6.87. The van der Waals surface area contributed by atoms with E-state index in [0.29, 0.717) is 12.0 Å². The van der Waals surface area contributed by atoms with Gasteiger partial charge in [-0.15, -0.1) is 0 Å². The maximum atomic E-state index is 6.56. The predicted molar refractivity (Wildman–Crippen MR) is 71.5 cm³/mol. The Balaban J connectivity index is 2.87. The van der Waals surface area contributed by atoms with Crippen molar-refractivity contribution in [3.8, 4) is 0 Å². The van der Waals surface area contributed by atoms with Crippen molar-refractivity contribution in [3.63, 3.8) is 0 Å². The van der Waals surface area contributed by atoms with Gasteiger partial charge in [0.1, 0.15) is 0 Å². The molecule has 1 fully saturated rings. The van der Waals surface area contributed by atoms with Crippen LogP contribution in [0.2, 0.25) is 0 Å². The second kappa shape index (κ2) is 5.50. The molecule has 96 valence electrons. The summed E-state index contributed by atoms with van der Waals surface area (Å²) < 4.78 is 0. The molecule has 0 amide bonds. The van der Waals surface area contributed by atoms with E-state index in [9.17, 15) is 0 Å². The van der Waals surface area contributed by atoms with E-state index in [1.54, 1.807) is 0 Å². The van der Waals surface area contributed by atoms with Crippen LogP contribution in [-0.2, 0) is 0 Å². The Kier molecular flexibility index (Phi) is 4.81. The van der Waals surface area contributed by atoms with E-state index < -0.39 is 0 Å². The van der Waals surface area contributed by atoms with Crippen molar-refractivity contribution in [2.45, 2.75) is 64.5 Å². The molecule has 0 saturated heterocycles. The third-order valence-corrected chi connectivity index (χ3v) is 4.78. The first-order valence-corrected chi connectivity index (χ1v) is 6.87. The van der Waals surface area contributed by atoms with Gasteiger partial charge >= 0.3 is 0 Å². The Hall–Kier alpha value is -0.0800. The van der Waals surface area contributed by atoms with Gasteiger partial charge in [-0.25, -0.2) is 0 Å². The lowest BCUT2D eigenvalue weighted by molar-refractivity contribution is 0.0325. The Morgan fingerprint density at radius 3 is 2.50 bits per heavy atom. The Labute approximate surface area is 102 Å². The summed E-state index contributed by atoms with van der Waals surface area (Å²) in [5.74, 6) is 1.44. The van der Waals surface area contributed by atoms with Gasteiger partial charge in [0, 0.05) is 11.6 Å². The summed E-state index contributed by atoms with van der Waals surface area (Å²) in [5.41, 5.74) is 6.80. The molecule has 1 aliphatic carbocycles. The van der Waals surface area contributed by atoms with Crippen LogP contribution in [0, 0.1) is 11.8 Å². The van der Waals surface area contributed by atoms with E-state index in [1.807, 2.05) is 0 Å². The molecule has 0 aliphatic heterocycles. The number of hydrogen-bond acceptors (Lipinski definition) is 2. The minimum absolute atomic E-state index is 0.243. The molecular weight excluding hydrogens is 196 g/mol. The fourth-order valence-corrected chi connectivity index (χ4v) is 3.35. The quantitative estimate of drug-likeness (QED) is 0.798. The molecule has 0 aromatic heterocycles. The third kappa shape index (κ3) is 2.60. The average molecular weight is 226 g/mol. The van der Waals surface area contributed by atoms with E-state index in [1.165, 1.54) is 32.1 Å².